The van der Waals surface area contributed by atoms with Gasteiger partial charge in [0, 0.05) is 17.8 Å². The normalized spacial score (nSPS) is 10.2. The Morgan fingerprint density at radius 3 is 2.57 bits per heavy atom. The summed E-state index contributed by atoms with van der Waals surface area (Å²) >= 11 is 0. The summed E-state index contributed by atoms with van der Waals surface area (Å²) in [5.41, 5.74) is 0.978. The van der Waals surface area contributed by atoms with Gasteiger partial charge in [0.1, 0.15) is 5.56 Å². The number of ketones is 1. The Morgan fingerprint density at radius 2 is 1.95 bits per heavy atom. The lowest BCUT2D eigenvalue weighted by Crippen LogP contribution is -2.11. The van der Waals surface area contributed by atoms with Crippen LogP contribution in [0.4, 0.5) is 5.69 Å². The van der Waals surface area contributed by atoms with Gasteiger partial charge in [0.2, 0.25) is 17.5 Å². The molecule has 0 amide bonds. The third kappa shape index (κ3) is 3.02. The van der Waals surface area contributed by atoms with Crippen LogP contribution in [0.25, 0.3) is 0 Å². The van der Waals surface area contributed by atoms with Gasteiger partial charge in [-0.2, -0.15) is 4.98 Å². The van der Waals surface area contributed by atoms with E-state index >= 15 is 0 Å². The molecule has 0 unspecified atom stereocenters. The van der Waals surface area contributed by atoms with Crippen LogP contribution in [-0.4, -0.2) is 27.8 Å². The summed E-state index contributed by atoms with van der Waals surface area (Å²) in [5.74, 6) is -0.492. The van der Waals surface area contributed by atoms with Crippen LogP contribution in [0.5, 0.6) is 5.88 Å². The molecule has 2 rings (SSSR count). The zero-order valence-corrected chi connectivity index (χ0v) is 11.8. The molecule has 0 fully saturated rings. The van der Waals surface area contributed by atoms with Gasteiger partial charge < -0.3 is 4.74 Å². The molecule has 0 radical (unpaired) electrons. The quantitative estimate of drug-likeness (QED) is 0.486. The molecule has 21 heavy (non-hydrogen) atoms. The second-order valence-corrected chi connectivity index (χ2v) is 4.48. The highest BCUT2D eigenvalue weighted by molar-refractivity contribution is 6.09. The Morgan fingerprint density at radius 1 is 1.24 bits per heavy atom. The van der Waals surface area contributed by atoms with E-state index in [0.29, 0.717) is 5.69 Å². The molecule has 0 bridgehead atoms. The van der Waals surface area contributed by atoms with Gasteiger partial charge in [-0.3, -0.25) is 14.9 Å². The smallest absolute Gasteiger partial charge is 0.280 e. The van der Waals surface area contributed by atoms with Crippen LogP contribution in [0.1, 0.15) is 27.4 Å². The molecule has 2 aromatic rings. The average molecular weight is 287 g/mol. The van der Waals surface area contributed by atoms with E-state index in [0.717, 1.165) is 5.56 Å². The fourth-order valence-electron chi connectivity index (χ4n) is 1.86. The lowest BCUT2D eigenvalue weighted by Gasteiger charge is -2.05. The first-order valence-electron chi connectivity index (χ1n) is 6.12. The van der Waals surface area contributed by atoms with Gasteiger partial charge in [0.05, 0.1) is 12.0 Å². The zero-order valence-electron chi connectivity index (χ0n) is 11.8. The van der Waals surface area contributed by atoms with Crippen molar-refractivity contribution >= 4 is 11.5 Å². The number of ether oxygens (including phenoxy) is 1. The van der Waals surface area contributed by atoms with Crippen molar-refractivity contribution in [1.82, 2.24) is 9.97 Å². The fraction of sp³-hybridized carbons (Fsp3) is 0.214. The third-order valence-corrected chi connectivity index (χ3v) is 2.84. The summed E-state index contributed by atoms with van der Waals surface area (Å²) in [6.45, 7) is 3.43. The molecule has 0 spiro atoms. The van der Waals surface area contributed by atoms with E-state index in [1.807, 2.05) is 0 Å². The Kier molecular flexibility index (Phi) is 3.93. The number of carbonyl (C=O) groups is 1. The fourth-order valence-corrected chi connectivity index (χ4v) is 1.86. The molecule has 0 saturated carbocycles. The minimum atomic E-state index is -0.604. The number of benzene rings is 1. The minimum Gasteiger partial charge on any atom is -0.481 e. The Labute approximate surface area is 120 Å². The van der Waals surface area contributed by atoms with E-state index in [1.165, 1.54) is 19.2 Å². The average Bonchev–Trinajstić information content (AvgIpc) is 2.45. The number of aromatic nitrogens is 2. The maximum atomic E-state index is 12.5. The molecule has 0 N–H and O–H groups in total. The number of aryl methyl sites for hydroxylation is 2. The van der Waals surface area contributed by atoms with Crippen molar-refractivity contribution in [3.8, 4) is 5.88 Å². The van der Waals surface area contributed by atoms with Gasteiger partial charge in [-0.1, -0.05) is 6.07 Å². The van der Waals surface area contributed by atoms with Crippen LogP contribution in [-0.2, 0) is 0 Å². The number of nitro benzene ring substituents is 1. The van der Waals surface area contributed by atoms with E-state index in [1.54, 1.807) is 26.0 Å². The lowest BCUT2D eigenvalue weighted by molar-refractivity contribution is -0.385. The molecule has 0 aliphatic carbocycles. The largest absolute Gasteiger partial charge is 0.481 e. The molecular weight excluding hydrogens is 274 g/mol. The van der Waals surface area contributed by atoms with Gasteiger partial charge in [0.15, 0.2) is 0 Å². The Hall–Kier alpha value is -2.83. The van der Waals surface area contributed by atoms with Crippen LogP contribution < -0.4 is 4.74 Å². The van der Waals surface area contributed by atoms with Crippen molar-refractivity contribution in [2.75, 3.05) is 7.11 Å². The molecule has 0 aliphatic heterocycles. The Balaban J connectivity index is 2.57. The number of nitrogens with zero attached hydrogens (tertiary/aromatic N) is 3. The van der Waals surface area contributed by atoms with E-state index < -0.39 is 10.7 Å². The molecule has 1 aromatic heterocycles. The van der Waals surface area contributed by atoms with Gasteiger partial charge in [-0.15, -0.1) is 0 Å². The first-order valence-corrected chi connectivity index (χ1v) is 6.12. The molecule has 1 aromatic carbocycles. The highest BCUT2D eigenvalue weighted by Crippen LogP contribution is 2.22. The van der Waals surface area contributed by atoms with E-state index in [2.05, 4.69) is 9.97 Å². The number of hydrogen-bond acceptors (Lipinski definition) is 6. The lowest BCUT2D eigenvalue weighted by atomic mass is 10.0. The summed E-state index contributed by atoms with van der Waals surface area (Å²) in [4.78, 5) is 30.9. The van der Waals surface area contributed by atoms with Crippen molar-refractivity contribution < 1.29 is 14.5 Å². The van der Waals surface area contributed by atoms with Crippen LogP contribution in [0.3, 0.4) is 0 Å². The summed E-state index contributed by atoms with van der Waals surface area (Å²) in [5, 5.41) is 11.0. The standard InChI is InChI=1S/C14H13N3O4/c1-8-4-5-11(17(19)20)10(6-8)13(18)14-15-9(2)7-12(16-14)21-3/h4-7H,1-3H3. The van der Waals surface area contributed by atoms with Crippen LogP contribution >= 0.6 is 0 Å². The summed E-state index contributed by atoms with van der Waals surface area (Å²) in [6.07, 6.45) is 0. The minimum absolute atomic E-state index is 0.0346. The second-order valence-electron chi connectivity index (χ2n) is 4.48. The van der Waals surface area contributed by atoms with Crippen LogP contribution in [0.2, 0.25) is 0 Å². The first-order chi connectivity index (χ1) is 9.92. The maximum Gasteiger partial charge on any atom is 0.280 e. The Bertz CT molecular complexity index is 728. The number of methoxy groups -OCH3 is 1. The molecule has 0 aliphatic rings. The van der Waals surface area contributed by atoms with E-state index in [-0.39, 0.29) is 23.0 Å². The predicted octanol–water partition coefficient (Wildman–Crippen LogP) is 2.24. The highest BCUT2D eigenvalue weighted by Gasteiger charge is 2.24. The van der Waals surface area contributed by atoms with Gasteiger partial charge in [0.25, 0.3) is 5.69 Å². The highest BCUT2D eigenvalue weighted by atomic mass is 16.6. The molecule has 7 heteroatoms. The van der Waals surface area contributed by atoms with E-state index in [9.17, 15) is 14.9 Å². The van der Waals surface area contributed by atoms with Crippen LogP contribution in [0.15, 0.2) is 24.3 Å². The van der Waals surface area contributed by atoms with Crippen molar-refractivity contribution in [1.29, 1.82) is 0 Å². The molecule has 1 heterocycles. The van der Waals surface area contributed by atoms with Crippen molar-refractivity contribution in [3.63, 3.8) is 0 Å². The first kappa shape index (κ1) is 14.6. The molecular formula is C14H13N3O4. The number of nitro groups is 1. The van der Waals surface area contributed by atoms with E-state index in [4.69, 9.17) is 4.74 Å². The monoisotopic (exact) mass is 287 g/mol. The zero-order chi connectivity index (χ0) is 15.6. The summed E-state index contributed by atoms with van der Waals surface area (Å²) in [7, 11) is 1.42. The SMILES string of the molecule is COc1cc(C)nc(C(=O)c2cc(C)ccc2[N+](=O)[O-])n1. The number of rotatable bonds is 4. The maximum absolute atomic E-state index is 12.5. The molecule has 0 saturated heterocycles. The van der Waals surface area contributed by atoms with Gasteiger partial charge in [-0.05, 0) is 25.5 Å². The topological polar surface area (TPSA) is 95.2 Å². The molecule has 7 nitrogen and oxygen atoms in total. The molecule has 108 valence electrons. The van der Waals surface area contributed by atoms with Crippen molar-refractivity contribution in [3.05, 3.63) is 57.0 Å². The molecule has 0 atom stereocenters. The summed E-state index contributed by atoms with van der Waals surface area (Å²) < 4.78 is 4.99. The van der Waals surface area contributed by atoms with Gasteiger partial charge in [-0.25, -0.2) is 4.98 Å². The number of hydrogen-bond donors (Lipinski definition) is 0. The predicted molar refractivity (Wildman–Crippen MR) is 74.6 cm³/mol. The van der Waals surface area contributed by atoms with Crippen molar-refractivity contribution in [2.24, 2.45) is 0 Å². The van der Waals surface area contributed by atoms with Gasteiger partial charge >= 0.3 is 0 Å². The second kappa shape index (κ2) is 5.66. The van der Waals surface area contributed by atoms with Crippen molar-refractivity contribution in [2.45, 2.75) is 13.8 Å². The number of carbonyl (C=O) groups excluding carboxylic acids is 1. The van der Waals surface area contributed by atoms with Crippen LogP contribution in [0, 0.1) is 24.0 Å². The third-order valence-electron chi connectivity index (χ3n) is 2.84. The summed E-state index contributed by atoms with van der Waals surface area (Å²) in [6, 6.07) is 5.91.